The second-order valence-corrected chi connectivity index (χ2v) is 6.81. The Morgan fingerprint density at radius 3 is 2.82 bits per heavy atom. The van der Waals surface area contributed by atoms with Gasteiger partial charge in [0.15, 0.2) is 0 Å². The molecule has 6 nitrogen and oxygen atoms in total. The Balaban J connectivity index is 1.96. The molecule has 2 rings (SSSR count). The van der Waals surface area contributed by atoms with Gasteiger partial charge in [-0.3, -0.25) is 9.59 Å². The standard InChI is InChI=1S/C14H18N4O2S2/c1-3-5-13-17-18-14(22-13)16-12(20)8-10(15-9(2)19)11-6-4-7-21-11/h4,6-7,10H,3,5,8H2,1-2H3,(H,15,19)(H,16,18,20)/t10-/m0/s1. The zero-order valence-corrected chi connectivity index (χ0v) is 14.1. The van der Waals surface area contributed by atoms with Gasteiger partial charge in [-0.15, -0.1) is 21.5 Å². The van der Waals surface area contributed by atoms with E-state index in [-0.39, 0.29) is 24.3 Å². The molecule has 8 heteroatoms. The van der Waals surface area contributed by atoms with Crippen molar-refractivity contribution < 1.29 is 9.59 Å². The fourth-order valence-electron chi connectivity index (χ4n) is 1.93. The number of aromatic nitrogens is 2. The minimum absolute atomic E-state index is 0.160. The van der Waals surface area contributed by atoms with Gasteiger partial charge in [0.05, 0.1) is 12.5 Å². The topological polar surface area (TPSA) is 84.0 Å². The lowest BCUT2D eigenvalue weighted by Crippen LogP contribution is -2.29. The Labute approximate surface area is 137 Å². The van der Waals surface area contributed by atoms with Crippen molar-refractivity contribution in [2.45, 2.75) is 39.2 Å². The van der Waals surface area contributed by atoms with Gasteiger partial charge >= 0.3 is 0 Å². The molecular formula is C14H18N4O2S2. The summed E-state index contributed by atoms with van der Waals surface area (Å²) >= 11 is 2.90. The van der Waals surface area contributed by atoms with Crippen LogP contribution in [0.1, 0.15) is 42.6 Å². The molecule has 118 valence electrons. The van der Waals surface area contributed by atoms with Crippen molar-refractivity contribution in [2.75, 3.05) is 5.32 Å². The first-order valence-electron chi connectivity index (χ1n) is 7.01. The zero-order chi connectivity index (χ0) is 15.9. The summed E-state index contributed by atoms with van der Waals surface area (Å²) in [6.07, 6.45) is 2.02. The summed E-state index contributed by atoms with van der Waals surface area (Å²) in [5, 5.41) is 16.9. The molecule has 1 atom stereocenters. The number of anilines is 1. The van der Waals surface area contributed by atoms with Crippen molar-refractivity contribution in [3.05, 3.63) is 27.4 Å². The first kappa shape index (κ1) is 16.6. The minimum Gasteiger partial charge on any atom is -0.348 e. The van der Waals surface area contributed by atoms with Crippen LogP contribution in [0, 0.1) is 0 Å². The smallest absolute Gasteiger partial charge is 0.228 e. The Hall–Kier alpha value is -1.80. The number of carbonyl (C=O) groups is 2. The Kier molecular flexibility index (Phi) is 6.02. The summed E-state index contributed by atoms with van der Waals surface area (Å²) in [7, 11) is 0. The molecule has 0 aliphatic heterocycles. The summed E-state index contributed by atoms with van der Waals surface area (Å²) in [6.45, 7) is 3.51. The van der Waals surface area contributed by atoms with Crippen LogP contribution in [0.15, 0.2) is 17.5 Å². The fourth-order valence-corrected chi connectivity index (χ4v) is 3.57. The summed E-state index contributed by atoms with van der Waals surface area (Å²) in [5.74, 6) is -0.348. The van der Waals surface area contributed by atoms with Crippen molar-refractivity contribution in [1.82, 2.24) is 15.5 Å². The zero-order valence-electron chi connectivity index (χ0n) is 12.5. The van der Waals surface area contributed by atoms with Crippen LogP contribution >= 0.6 is 22.7 Å². The third-order valence-corrected chi connectivity index (χ3v) is 4.72. The highest BCUT2D eigenvalue weighted by atomic mass is 32.1. The molecule has 0 spiro atoms. The van der Waals surface area contributed by atoms with Crippen LogP contribution in [0.2, 0.25) is 0 Å². The van der Waals surface area contributed by atoms with E-state index in [1.165, 1.54) is 29.6 Å². The molecule has 2 N–H and O–H groups in total. The van der Waals surface area contributed by atoms with E-state index in [0.29, 0.717) is 5.13 Å². The molecule has 22 heavy (non-hydrogen) atoms. The van der Waals surface area contributed by atoms with Gasteiger partial charge < -0.3 is 10.6 Å². The normalized spacial score (nSPS) is 11.9. The average Bonchev–Trinajstić information content (AvgIpc) is 3.09. The molecule has 0 fully saturated rings. The van der Waals surface area contributed by atoms with Crippen molar-refractivity contribution in [3.8, 4) is 0 Å². The summed E-state index contributed by atoms with van der Waals surface area (Å²) in [4.78, 5) is 24.4. The monoisotopic (exact) mass is 338 g/mol. The predicted molar refractivity (Wildman–Crippen MR) is 88.0 cm³/mol. The lowest BCUT2D eigenvalue weighted by molar-refractivity contribution is -0.120. The van der Waals surface area contributed by atoms with E-state index in [0.717, 1.165) is 22.7 Å². The number of nitrogens with zero attached hydrogens (tertiary/aromatic N) is 2. The first-order valence-corrected chi connectivity index (χ1v) is 8.70. The summed E-state index contributed by atoms with van der Waals surface area (Å²) in [6, 6.07) is 3.48. The van der Waals surface area contributed by atoms with E-state index >= 15 is 0 Å². The number of hydrogen-bond donors (Lipinski definition) is 2. The van der Waals surface area contributed by atoms with Gasteiger partial charge in [0.2, 0.25) is 16.9 Å². The van der Waals surface area contributed by atoms with Crippen LogP contribution in [0.25, 0.3) is 0 Å². The van der Waals surface area contributed by atoms with Gasteiger partial charge in [-0.1, -0.05) is 24.3 Å². The first-order chi connectivity index (χ1) is 10.6. The number of thiophene rings is 1. The van der Waals surface area contributed by atoms with Crippen LogP contribution < -0.4 is 10.6 Å². The quantitative estimate of drug-likeness (QED) is 0.813. The molecule has 2 heterocycles. The average molecular weight is 338 g/mol. The van der Waals surface area contributed by atoms with E-state index in [9.17, 15) is 9.59 Å². The third kappa shape index (κ3) is 4.88. The molecule has 0 saturated heterocycles. The van der Waals surface area contributed by atoms with Gasteiger partial charge in [-0.2, -0.15) is 0 Å². The van der Waals surface area contributed by atoms with Crippen LogP contribution in [0.5, 0.6) is 0 Å². The second-order valence-electron chi connectivity index (χ2n) is 4.77. The molecule has 0 unspecified atom stereocenters. The molecular weight excluding hydrogens is 320 g/mol. The summed E-state index contributed by atoms with van der Waals surface area (Å²) < 4.78 is 0. The number of amides is 2. The molecule has 2 aromatic rings. The minimum atomic E-state index is -0.319. The number of nitrogens with one attached hydrogen (secondary N) is 2. The molecule has 2 amide bonds. The number of hydrogen-bond acceptors (Lipinski definition) is 6. The highest BCUT2D eigenvalue weighted by Crippen LogP contribution is 2.23. The lowest BCUT2D eigenvalue weighted by atomic mass is 10.1. The highest BCUT2D eigenvalue weighted by molar-refractivity contribution is 7.15. The van der Waals surface area contributed by atoms with E-state index in [1.807, 2.05) is 17.5 Å². The van der Waals surface area contributed by atoms with Gasteiger partial charge in [-0.05, 0) is 17.9 Å². The molecule has 0 radical (unpaired) electrons. The van der Waals surface area contributed by atoms with Crippen LogP contribution in [-0.4, -0.2) is 22.0 Å². The van der Waals surface area contributed by atoms with Crippen molar-refractivity contribution in [1.29, 1.82) is 0 Å². The SMILES string of the molecule is CCCc1nnc(NC(=O)C[C@H](NC(C)=O)c2cccs2)s1. The molecule has 0 aromatic carbocycles. The predicted octanol–water partition coefficient (Wildman–Crippen LogP) is 2.76. The van der Waals surface area contributed by atoms with Gasteiger partial charge in [0.25, 0.3) is 0 Å². The molecule has 2 aromatic heterocycles. The van der Waals surface area contributed by atoms with Gasteiger partial charge in [0.1, 0.15) is 5.01 Å². The maximum Gasteiger partial charge on any atom is 0.228 e. The highest BCUT2D eigenvalue weighted by Gasteiger charge is 2.19. The van der Waals surface area contributed by atoms with Crippen molar-refractivity contribution >= 4 is 39.6 Å². The van der Waals surface area contributed by atoms with E-state index in [2.05, 4.69) is 27.8 Å². The lowest BCUT2D eigenvalue weighted by Gasteiger charge is -2.15. The fraction of sp³-hybridized carbons (Fsp3) is 0.429. The van der Waals surface area contributed by atoms with Crippen LogP contribution in [0.4, 0.5) is 5.13 Å². The van der Waals surface area contributed by atoms with E-state index in [1.54, 1.807) is 0 Å². The molecule has 0 aliphatic rings. The molecule has 0 bridgehead atoms. The second kappa shape index (κ2) is 8.00. The van der Waals surface area contributed by atoms with Gasteiger partial charge in [0, 0.05) is 18.2 Å². The largest absolute Gasteiger partial charge is 0.348 e. The molecule has 0 aliphatic carbocycles. The maximum absolute atomic E-state index is 12.1. The Morgan fingerprint density at radius 2 is 2.18 bits per heavy atom. The van der Waals surface area contributed by atoms with E-state index in [4.69, 9.17) is 0 Å². The number of rotatable bonds is 7. The maximum atomic E-state index is 12.1. The van der Waals surface area contributed by atoms with Crippen molar-refractivity contribution in [2.24, 2.45) is 0 Å². The Morgan fingerprint density at radius 1 is 1.36 bits per heavy atom. The Bertz CT molecular complexity index is 625. The van der Waals surface area contributed by atoms with E-state index < -0.39 is 0 Å². The van der Waals surface area contributed by atoms with Crippen molar-refractivity contribution in [3.63, 3.8) is 0 Å². The van der Waals surface area contributed by atoms with Crippen LogP contribution in [0.3, 0.4) is 0 Å². The van der Waals surface area contributed by atoms with Gasteiger partial charge in [-0.25, -0.2) is 0 Å². The van der Waals surface area contributed by atoms with Crippen LogP contribution in [-0.2, 0) is 16.0 Å². The molecule has 0 saturated carbocycles. The summed E-state index contributed by atoms with van der Waals surface area (Å²) in [5.41, 5.74) is 0. The number of carbonyl (C=O) groups excluding carboxylic acids is 2. The number of aryl methyl sites for hydroxylation is 1. The third-order valence-electron chi connectivity index (χ3n) is 2.83.